The number of hydrogen-bond donors (Lipinski definition) is 2. The Morgan fingerprint density at radius 1 is 0.909 bits per heavy atom. The van der Waals surface area contributed by atoms with Crippen LogP contribution in [-0.2, 0) is 24.5 Å². The molecule has 0 radical (unpaired) electrons. The van der Waals surface area contributed by atoms with E-state index in [0.717, 1.165) is 32.5 Å². The molecule has 0 amide bonds. The number of carbonyl (C=O) groups is 2. The van der Waals surface area contributed by atoms with E-state index in [9.17, 15) is 9.59 Å². The minimum absolute atomic E-state index is 0.0210. The number of nitrogens with one attached hydrogen (secondary N) is 1. The van der Waals surface area contributed by atoms with Gasteiger partial charge in [-0.05, 0) is 62.0 Å². The molecule has 3 aromatic carbocycles. The van der Waals surface area contributed by atoms with E-state index < -0.39 is 17.9 Å². The van der Waals surface area contributed by atoms with E-state index in [1.54, 1.807) is 25.1 Å². The summed E-state index contributed by atoms with van der Waals surface area (Å²) in [6, 6.07) is 26.6. The Morgan fingerprint density at radius 3 is 2.11 bits per heavy atom. The third-order valence-electron chi connectivity index (χ3n) is 8.73. The normalized spacial score (nSPS) is 18.5. The first-order chi connectivity index (χ1) is 21.3. The van der Waals surface area contributed by atoms with Crippen molar-refractivity contribution in [2.24, 2.45) is 5.73 Å². The van der Waals surface area contributed by atoms with E-state index in [1.165, 1.54) is 18.2 Å². The molecule has 3 aromatic rings. The number of nitrogens with zero attached hydrogens (tertiary/aromatic N) is 1. The minimum Gasteiger partial charge on any atom is -0.466 e. The Morgan fingerprint density at radius 2 is 1.52 bits per heavy atom. The van der Waals surface area contributed by atoms with E-state index in [-0.39, 0.29) is 34.0 Å². The molecule has 1 unspecified atom stereocenters. The maximum Gasteiger partial charge on any atom is 0.338 e. The van der Waals surface area contributed by atoms with Gasteiger partial charge in [-0.2, -0.15) is 0 Å². The van der Waals surface area contributed by atoms with Crippen LogP contribution in [0.4, 0.5) is 0 Å². The van der Waals surface area contributed by atoms with E-state index in [4.69, 9.17) is 38.4 Å². The highest BCUT2D eigenvalue weighted by molar-refractivity contribution is 6.42. The fourth-order valence-corrected chi connectivity index (χ4v) is 6.88. The Kier molecular flexibility index (Phi) is 9.99. The standard InChI is InChI=1S/C35H37Cl2N3O4/c1-23-28(29(26-15-9-16-27(36)31(26)37)30(32(38)39-23)33(41)43-2)34(42)44-22-10-19-40-20-17-35(18-21-40,24-11-5-3-6-12-24)25-13-7-4-8-14-25/h3-9,11-16,29,39H,10,17-22,38H2,1-2H3. The zero-order valence-electron chi connectivity index (χ0n) is 24.9. The number of benzene rings is 3. The van der Waals surface area contributed by atoms with Crippen LogP contribution >= 0.6 is 23.2 Å². The highest BCUT2D eigenvalue weighted by atomic mass is 35.5. The summed E-state index contributed by atoms with van der Waals surface area (Å²) in [4.78, 5) is 28.8. The number of likely N-dealkylation sites (tertiary alicyclic amines) is 1. The van der Waals surface area contributed by atoms with E-state index >= 15 is 0 Å². The average molecular weight is 635 g/mol. The number of methoxy groups -OCH3 is 1. The summed E-state index contributed by atoms with van der Waals surface area (Å²) in [6.07, 6.45) is 2.68. The maximum absolute atomic E-state index is 13.6. The highest BCUT2D eigenvalue weighted by Crippen LogP contribution is 2.43. The third kappa shape index (κ3) is 6.36. The second-order valence-corrected chi connectivity index (χ2v) is 12.0. The van der Waals surface area contributed by atoms with Gasteiger partial charge in [-0.3, -0.25) is 0 Å². The van der Waals surface area contributed by atoms with Gasteiger partial charge in [0.15, 0.2) is 0 Å². The lowest BCUT2D eigenvalue weighted by molar-refractivity contribution is -0.139. The van der Waals surface area contributed by atoms with Gasteiger partial charge < -0.3 is 25.4 Å². The minimum atomic E-state index is -0.909. The fraction of sp³-hybridized carbons (Fsp3) is 0.314. The van der Waals surface area contributed by atoms with Gasteiger partial charge in [-0.1, -0.05) is 96.0 Å². The smallest absolute Gasteiger partial charge is 0.338 e. The monoisotopic (exact) mass is 633 g/mol. The van der Waals surface area contributed by atoms with Crippen LogP contribution in [0, 0.1) is 0 Å². The van der Waals surface area contributed by atoms with Crippen molar-refractivity contribution in [3.05, 3.63) is 128 Å². The largest absolute Gasteiger partial charge is 0.466 e. The molecular formula is C35H37Cl2N3O4. The fourth-order valence-electron chi connectivity index (χ4n) is 6.46. The van der Waals surface area contributed by atoms with Gasteiger partial charge in [-0.25, -0.2) is 9.59 Å². The molecule has 2 aliphatic rings. The lowest BCUT2D eigenvalue weighted by Crippen LogP contribution is -2.43. The molecule has 0 aliphatic carbocycles. The van der Waals surface area contributed by atoms with Crippen LogP contribution < -0.4 is 11.1 Å². The van der Waals surface area contributed by atoms with Crippen molar-refractivity contribution in [1.82, 2.24) is 10.2 Å². The Labute approximate surface area is 268 Å². The second kappa shape index (κ2) is 13.9. The van der Waals surface area contributed by atoms with Crippen LogP contribution in [0.25, 0.3) is 0 Å². The molecule has 3 N–H and O–H groups in total. The van der Waals surface area contributed by atoms with E-state index in [0.29, 0.717) is 22.7 Å². The van der Waals surface area contributed by atoms with Crippen molar-refractivity contribution in [3.63, 3.8) is 0 Å². The molecule has 0 saturated carbocycles. The first-order valence-corrected chi connectivity index (χ1v) is 15.5. The number of halogens is 2. The molecule has 7 nitrogen and oxygen atoms in total. The van der Waals surface area contributed by atoms with E-state index in [1.807, 2.05) is 0 Å². The lowest BCUT2D eigenvalue weighted by Gasteiger charge is -2.43. The molecule has 2 heterocycles. The van der Waals surface area contributed by atoms with Crippen LogP contribution in [0.5, 0.6) is 0 Å². The number of esters is 2. The molecule has 1 saturated heterocycles. The molecule has 9 heteroatoms. The van der Waals surface area contributed by atoms with Gasteiger partial charge >= 0.3 is 11.9 Å². The van der Waals surface area contributed by atoms with Crippen molar-refractivity contribution in [2.45, 2.75) is 37.5 Å². The number of nitrogens with two attached hydrogens (primary N) is 1. The molecule has 1 atom stereocenters. The lowest BCUT2D eigenvalue weighted by atomic mass is 9.68. The molecule has 1 fully saturated rings. The van der Waals surface area contributed by atoms with Crippen molar-refractivity contribution in [2.75, 3.05) is 33.4 Å². The van der Waals surface area contributed by atoms with Crippen molar-refractivity contribution >= 4 is 35.1 Å². The van der Waals surface area contributed by atoms with Gasteiger partial charge in [0.2, 0.25) is 0 Å². The first kappa shape index (κ1) is 31.6. The number of dihydropyridines is 1. The van der Waals surface area contributed by atoms with Crippen molar-refractivity contribution in [1.29, 1.82) is 0 Å². The summed E-state index contributed by atoms with van der Waals surface area (Å²) >= 11 is 12.9. The molecule has 2 aliphatic heterocycles. The number of ether oxygens (including phenoxy) is 2. The van der Waals surface area contributed by atoms with Crippen LogP contribution in [0.15, 0.2) is 102 Å². The number of hydrogen-bond acceptors (Lipinski definition) is 7. The first-order valence-electron chi connectivity index (χ1n) is 14.8. The molecule has 5 rings (SSSR count). The highest BCUT2D eigenvalue weighted by Gasteiger charge is 2.40. The number of carbonyl (C=O) groups excluding carboxylic acids is 2. The molecule has 0 bridgehead atoms. The van der Waals surface area contributed by atoms with Crippen LogP contribution in [0.3, 0.4) is 0 Å². The summed E-state index contributed by atoms with van der Waals surface area (Å²) in [6.45, 7) is 4.61. The molecule has 0 aromatic heterocycles. The summed E-state index contributed by atoms with van der Waals surface area (Å²) in [5, 5.41) is 3.45. The number of piperidine rings is 1. The number of rotatable bonds is 9. The Bertz CT molecular complexity index is 1520. The van der Waals surface area contributed by atoms with Gasteiger partial charge in [0.05, 0.1) is 40.8 Å². The second-order valence-electron chi connectivity index (χ2n) is 11.2. The van der Waals surface area contributed by atoms with Crippen molar-refractivity contribution < 1.29 is 19.1 Å². The van der Waals surface area contributed by atoms with Crippen LogP contribution in [0.2, 0.25) is 10.0 Å². The predicted molar refractivity (Wildman–Crippen MR) is 173 cm³/mol. The number of allylic oxidation sites excluding steroid dienone is 1. The van der Waals surface area contributed by atoms with E-state index in [2.05, 4.69) is 70.9 Å². The van der Waals surface area contributed by atoms with Crippen LogP contribution in [0.1, 0.15) is 48.8 Å². The third-order valence-corrected chi connectivity index (χ3v) is 9.56. The molecule has 0 spiro atoms. The summed E-state index contributed by atoms with van der Waals surface area (Å²) in [5.74, 6) is -2.07. The SMILES string of the molecule is COC(=O)C1=C(N)NC(C)=C(C(=O)OCCCN2CCC(c3ccccc3)(c3ccccc3)CC2)C1c1cccc(Cl)c1Cl. The van der Waals surface area contributed by atoms with Gasteiger partial charge in [0.25, 0.3) is 0 Å². The van der Waals surface area contributed by atoms with Crippen LogP contribution in [-0.4, -0.2) is 50.2 Å². The zero-order chi connectivity index (χ0) is 31.3. The summed E-state index contributed by atoms with van der Waals surface area (Å²) < 4.78 is 10.8. The van der Waals surface area contributed by atoms with Crippen molar-refractivity contribution in [3.8, 4) is 0 Å². The predicted octanol–water partition coefficient (Wildman–Crippen LogP) is 6.31. The Hall–Kier alpha value is -3.78. The average Bonchev–Trinajstić information content (AvgIpc) is 3.05. The summed E-state index contributed by atoms with van der Waals surface area (Å²) in [5.41, 5.74) is 10.1. The maximum atomic E-state index is 13.6. The van der Waals surface area contributed by atoms with Gasteiger partial charge in [0, 0.05) is 17.7 Å². The molecular weight excluding hydrogens is 597 g/mol. The van der Waals surface area contributed by atoms with Gasteiger partial charge in [-0.15, -0.1) is 0 Å². The van der Waals surface area contributed by atoms with Gasteiger partial charge in [0.1, 0.15) is 5.82 Å². The summed E-state index contributed by atoms with van der Waals surface area (Å²) in [7, 11) is 1.26. The molecule has 44 heavy (non-hydrogen) atoms. The quantitative estimate of drug-likeness (QED) is 0.211. The Balaban J connectivity index is 1.25. The zero-order valence-corrected chi connectivity index (χ0v) is 26.5. The topological polar surface area (TPSA) is 93.9 Å². The molecule has 230 valence electrons.